The Morgan fingerprint density at radius 3 is 2.55 bits per heavy atom. The average Bonchev–Trinajstić information content (AvgIpc) is 3.50. The molecule has 9 heteroatoms. The highest BCUT2D eigenvalue weighted by molar-refractivity contribution is 5.83. The van der Waals surface area contributed by atoms with E-state index in [1.807, 2.05) is 45.9 Å². The number of unbranched alkanes of at least 4 members (excludes halogenated alkanes) is 2. The van der Waals surface area contributed by atoms with E-state index >= 15 is 0 Å². The van der Waals surface area contributed by atoms with Crippen LogP contribution in [0.25, 0.3) is 10.8 Å². The summed E-state index contributed by atoms with van der Waals surface area (Å²) in [5.74, 6) is -0.783. The van der Waals surface area contributed by atoms with Crippen LogP contribution in [-0.2, 0) is 33.2 Å². The monoisotopic (exact) mass is 529 g/mol. The van der Waals surface area contributed by atoms with Crippen LogP contribution in [0.3, 0.4) is 0 Å². The third-order valence-corrected chi connectivity index (χ3v) is 6.96. The van der Waals surface area contributed by atoms with Gasteiger partial charge in [0.2, 0.25) is 5.91 Å². The molecule has 3 aliphatic rings. The molecule has 0 spiro atoms. The van der Waals surface area contributed by atoms with Crippen LogP contribution in [0.1, 0.15) is 47.0 Å². The molecule has 5 rings (SSSR count). The van der Waals surface area contributed by atoms with Crippen molar-refractivity contribution in [2.24, 2.45) is 0 Å². The van der Waals surface area contributed by atoms with Crippen molar-refractivity contribution in [3.63, 3.8) is 0 Å². The number of ether oxygens (including phenoxy) is 7. The van der Waals surface area contributed by atoms with E-state index in [-0.39, 0.29) is 18.6 Å². The van der Waals surface area contributed by atoms with Crippen molar-refractivity contribution in [1.82, 2.24) is 5.32 Å². The van der Waals surface area contributed by atoms with Crippen LogP contribution in [0.15, 0.2) is 42.5 Å². The van der Waals surface area contributed by atoms with Gasteiger partial charge in [0.25, 0.3) is 0 Å². The maximum Gasteiger partial charge on any atom is 0.246 e. The van der Waals surface area contributed by atoms with Gasteiger partial charge in [-0.1, -0.05) is 30.3 Å². The Balaban J connectivity index is 1.01. The molecule has 2 aromatic rings. The van der Waals surface area contributed by atoms with E-state index in [1.165, 1.54) is 10.8 Å². The summed E-state index contributed by atoms with van der Waals surface area (Å²) in [4.78, 5) is 12.5. The lowest BCUT2D eigenvalue weighted by molar-refractivity contribution is -0.235. The zero-order valence-corrected chi connectivity index (χ0v) is 22.6. The van der Waals surface area contributed by atoms with Gasteiger partial charge in [-0.3, -0.25) is 4.79 Å². The fourth-order valence-electron chi connectivity index (χ4n) is 5.17. The van der Waals surface area contributed by atoms with Crippen molar-refractivity contribution in [2.75, 3.05) is 26.4 Å². The first-order chi connectivity index (χ1) is 18.2. The Kier molecular flexibility index (Phi) is 8.23. The summed E-state index contributed by atoms with van der Waals surface area (Å²) < 4.78 is 41.7. The molecule has 0 aliphatic carbocycles. The summed E-state index contributed by atoms with van der Waals surface area (Å²) in [5, 5.41) is 5.31. The van der Waals surface area contributed by atoms with Gasteiger partial charge in [-0.15, -0.1) is 0 Å². The molecular weight excluding hydrogens is 490 g/mol. The number of hydrogen-bond acceptors (Lipinski definition) is 8. The predicted molar refractivity (Wildman–Crippen MR) is 140 cm³/mol. The maximum absolute atomic E-state index is 12.5. The van der Waals surface area contributed by atoms with Crippen LogP contribution in [0, 0.1) is 0 Å². The summed E-state index contributed by atoms with van der Waals surface area (Å²) in [6.07, 6.45) is 0.393. The van der Waals surface area contributed by atoms with Crippen molar-refractivity contribution in [2.45, 2.75) is 89.2 Å². The molecule has 9 nitrogen and oxygen atoms in total. The largest absolute Gasteiger partial charge is 0.494 e. The molecule has 1 amide bonds. The summed E-state index contributed by atoms with van der Waals surface area (Å²) in [7, 11) is 0. The molecule has 3 aliphatic heterocycles. The van der Waals surface area contributed by atoms with Crippen molar-refractivity contribution >= 4 is 16.7 Å². The molecule has 3 fully saturated rings. The number of benzene rings is 2. The van der Waals surface area contributed by atoms with Crippen molar-refractivity contribution in [3.8, 4) is 5.75 Å². The van der Waals surface area contributed by atoms with Gasteiger partial charge in [-0.25, -0.2) is 0 Å². The minimum Gasteiger partial charge on any atom is -0.494 e. The van der Waals surface area contributed by atoms with Crippen LogP contribution in [0.4, 0.5) is 0 Å². The van der Waals surface area contributed by atoms with E-state index in [0.717, 1.165) is 25.0 Å². The standard InChI is InChI=1S/C29H39NO8/c1-28(2)34-17-22(36-28)24-25(26-27(35-24)38-29(3,4)37-26)33-18-23(31)30-14-8-5-9-15-32-21-13-12-19-10-6-7-11-20(19)16-21/h6-7,10-13,16,22,24-27H,5,8-9,14-15,17-18H2,1-4H3,(H,30,31)/t22-,24-,25+,26-,27-/m1/s1. The highest BCUT2D eigenvalue weighted by Gasteiger charge is 2.59. The van der Waals surface area contributed by atoms with Gasteiger partial charge in [0.05, 0.1) is 13.2 Å². The van der Waals surface area contributed by atoms with E-state index in [2.05, 4.69) is 29.6 Å². The Morgan fingerprint density at radius 1 is 0.947 bits per heavy atom. The summed E-state index contributed by atoms with van der Waals surface area (Å²) in [5.41, 5.74) is 0. The van der Waals surface area contributed by atoms with E-state index in [1.54, 1.807) is 0 Å². The molecule has 0 unspecified atom stereocenters. The highest BCUT2D eigenvalue weighted by Crippen LogP contribution is 2.41. The van der Waals surface area contributed by atoms with Gasteiger partial charge in [-0.2, -0.15) is 0 Å². The number of rotatable bonds is 11. The summed E-state index contributed by atoms with van der Waals surface area (Å²) >= 11 is 0. The van der Waals surface area contributed by atoms with Gasteiger partial charge in [0, 0.05) is 6.54 Å². The Morgan fingerprint density at radius 2 is 1.76 bits per heavy atom. The first kappa shape index (κ1) is 27.3. The lowest BCUT2D eigenvalue weighted by Gasteiger charge is -2.28. The fourth-order valence-corrected chi connectivity index (χ4v) is 5.17. The zero-order chi connectivity index (χ0) is 26.8. The molecule has 3 saturated heterocycles. The van der Waals surface area contributed by atoms with Gasteiger partial charge >= 0.3 is 0 Å². The van der Waals surface area contributed by atoms with E-state index in [0.29, 0.717) is 19.8 Å². The number of fused-ring (bicyclic) bond motifs is 2. The maximum atomic E-state index is 12.5. The molecule has 0 bridgehead atoms. The first-order valence-electron chi connectivity index (χ1n) is 13.5. The highest BCUT2D eigenvalue weighted by atomic mass is 16.8. The lowest BCUT2D eigenvalue weighted by Crippen LogP contribution is -2.45. The van der Waals surface area contributed by atoms with Gasteiger partial charge in [0.1, 0.15) is 36.8 Å². The van der Waals surface area contributed by atoms with Crippen molar-refractivity contribution < 1.29 is 38.0 Å². The minimum atomic E-state index is -0.783. The topological polar surface area (TPSA) is 93.7 Å². The van der Waals surface area contributed by atoms with Crippen LogP contribution in [0.2, 0.25) is 0 Å². The molecule has 0 saturated carbocycles. The Labute approximate surface area is 224 Å². The quantitative estimate of drug-likeness (QED) is 0.438. The first-order valence-corrected chi connectivity index (χ1v) is 13.5. The second-order valence-corrected chi connectivity index (χ2v) is 11.0. The second-order valence-electron chi connectivity index (χ2n) is 11.0. The fraction of sp³-hybridized carbons (Fsp3) is 0.621. The number of carbonyl (C=O) groups is 1. The number of nitrogens with one attached hydrogen (secondary N) is 1. The predicted octanol–water partition coefficient (Wildman–Crippen LogP) is 3.92. The van der Waals surface area contributed by atoms with Crippen molar-refractivity contribution in [1.29, 1.82) is 0 Å². The number of hydrogen-bond donors (Lipinski definition) is 1. The number of carbonyl (C=O) groups excluding carboxylic acids is 1. The molecule has 2 aromatic carbocycles. The normalized spacial score (nSPS) is 29.4. The lowest BCUT2D eigenvalue weighted by atomic mass is 10.1. The van der Waals surface area contributed by atoms with Gasteiger partial charge < -0.3 is 38.5 Å². The third-order valence-electron chi connectivity index (χ3n) is 6.96. The van der Waals surface area contributed by atoms with E-state index in [4.69, 9.17) is 33.2 Å². The number of amides is 1. The minimum absolute atomic E-state index is 0.0976. The van der Waals surface area contributed by atoms with E-state index < -0.39 is 36.2 Å². The van der Waals surface area contributed by atoms with Crippen LogP contribution in [-0.4, -0.2) is 74.6 Å². The molecule has 1 N–H and O–H groups in total. The Hall–Kier alpha value is -2.27. The molecular formula is C29H39NO8. The molecule has 3 heterocycles. The second kappa shape index (κ2) is 11.5. The average molecular weight is 530 g/mol. The molecule has 38 heavy (non-hydrogen) atoms. The molecule has 0 radical (unpaired) electrons. The Bertz CT molecular complexity index is 1100. The van der Waals surface area contributed by atoms with Crippen LogP contribution >= 0.6 is 0 Å². The smallest absolute Gasteiger partial charge is 0.246 e. The molecule has 0 aromatic heterocycles. The molecule has 5 atom stereocenters. The third kappa shape index (κ3) is 6.65. The zero-order valence-electron chi connectivity index (χ0n) is 22.6. The summed E-state index contributed by atoms with van der Waals surface area (Å²) in [6, 6.07) is 14.4. The van der Waals surface area contributed by atoms with Gasteiger partial charge in [-0.05, 0) is 69.9 Å². The SMILES string of the molecule is CC1(C)O[C@H]2O[C@H]([C@H]3COC(C)(C)O3)[C@H](OCC(=O)NCCCCCOc3ccc4ccccc4c3)[C@H]2O1. The van der Waals surface area contributed by atoms with Crippen LogP contribution < -0.4 is 10.1 Å². The summed E-state index contributed by atoms with van der Waals surface area (Å²) in [6.45, 7) is 8.88. The molecule has 208 valence electrons. The van der Waals surface area contributed by atoms with Gasteiger partial charge in [0.15, 0.2) is 17.9 Å². The van der Waals surface area contributed by atoms with Crippen molar-refractivity contribution in [3.05, 3.63) is 42.5 Å². The van der Waals surface area contributed by atoms with E-state index in [9.17, 15) is 4.79 Å². The van der Waals surface area contributed by atoms with Crippen LogP contribution in [0.5, 0.6) is 5.75 Å².